The van der Waals surface area contributed by atoms with Gasteiger partial charge >= 0.3 is 0 Å². The summed E-state index contributed by atoms with van der Waals surface area (Å²) >= 11 is 1.56. The Hall–Kier alpha value is -3.01. The molecule has 0 aliphatic carbocycles. The predicted molar refractivity (Wildman–Crippen MR) is 131 cm³/mol. The fraction of sp³-hybridized carbons (Fsp3) is 0.400. The molecule has 1 atom stereocenters. The lowest BCUT2D eigenvalue weighted by Crippen LogP contribution is -2.40. The van der Waals surface area contributed by atoms with Gasteiger partial charge < -0.3 is 28.7 Å². The summed E-state index contributed by atoms with van der Waals surface area (Å²) in [5.74, 6) is 1.70. The Labute approximate surface area is 203 Å². The molecule has 9 heteroatoms. The minimum Gasteiger partial charge on any atom is -0.493 e. The molecule has 1 saturated heterocycles. The molecule has 1 aliphatic rings. The maximum atomic E-state index is 12.9. The molecule has 182 valence electrons. The summed E-state index contributed by atoms with van der Waals surface area (Å²) in [5.41, 5.74) is 3.15. The number of carbonyl (C=O) groups is 1. The number of hydrogen-bond donors (Lipinski definition) is 1. The van der Waals surface area contributed by atoms with Crippen LogP contribution in [0.4, 0.5) is 5.00 Å². The third kappa shape index (κ3) is 4.64. The standard InChI is InChI=1S/C25H30N2O6S/c1-15-16(2)34-25(26-24(28)18-7-6-10-33-18)21(15)22(27-8-11-32-12-9-27)17-13-19(29-3)23(31-5)20(14-17)30-4/h6-7,10,13-14,22H,8-9,11-12H2,1-5H3,(H,26,28)/t22-/m1/s1. The van der Waals surface area contributed by atoms with Crippen LogP contribution in [0.5, 0.6) is 17.2 Å². The van der Waals surface area contributed by atoms with E-state index >= 15 is 0 Å². The highest BCUT2D eigenvalue weighted by Crippen LogP contribution is 2.46. The number of methoxy groups -OCH3 is 3. The van der Waals surface area contributed by atoms with Gasteiger partial charge in [-0.3, -0.25) is 9.69 Å². The lowest BCUT2D eigenvalue weighted by Gasteiger charge is -2.36. The molecule has 1 aromatic carbocycles. The Kier molecular flexibility index (Phi) is 7.45. The first-order chi connectivity index (χ1) is 16.5. The maximum absolute atomic E-state index is 12.9. The van der Waals surface area contributed by atoms with Gasteiger partial charge in [0.2, 0.25) is 5.75 Å². The van der Waals surface area contributed by atoms with E-state index in [0.29, 0.717) is 30.5 Å². The number of rotatable bonds is 8. The Bertz CT molecular complexity index is 1110. The summed E-state index contributed by atoms with van der Waals surface area (Å²) in [7, 11) is 4.81. The highest BCUT2D eigenvalue weighted by Gasteiger charge is 2.32. The molecule has 1 N–H and O–H groups in total. The fourth-order valence-corrected chi connectivity index (χ4v) is 5.38. The van der Waals surface area contributed by atoms with E-state index < -0.39 is 0 Å². The highest BCUT2D eigenvalue weighted by molar-refractivity contribution is 7.16. The average molecular weight is 487 g/mol. The second kappa shape index (κ2) is 10.5. The maximum Gasteiger partial charge on any atom is 0.291 e. The lowest BCUT2D eigenvalue weighted by molar-refractivity contribution is 0.0239. The van der Waals surface area contributed by atoms with Crippen LogP contribution in [-0.2, 0) is 4.74 Å². The molecule has 8 nitrogen and oxygen atoms in total. The molecule has 3 aromatic rings. The van der Waals surface area contributed by atoms with Crippen molar-refractivity contribution in [3.8, 4) is 17.2 Å². The molecule has 0 bridgehead atoms. The Morgan fingerprint density at radius 2 is 1.76 bits per heavy atom. The van der Waals surface area contributed by atoms with Crippen LogP contribution >= 0.6 is 11.3 Å². The van der Waals surface area contributed by atoms with Crippen LogP contribution in [0.25, 0.3) is 0 Å². The van der Waals surface area contributed by atoms with Crippen molar-refractivity contribution in [1.82, 2.24) is 4.90 Å². The van der Waals surface area contributed by atoms with Crippen LogP contribution in [0.3, 0.4) is 0 Å². The summed E-state index contributed by atoms with van der Waals surface area (Å²) in [6, 6.07) is 7.15. The van der Waals surface area contributed by atoms with Gasteiger partial charge in [-0.15, -0.1) is 11.3 Å². The van der Waals surface area contributed by atoms with Crippen LogP contribution in [0, 0.1) is 13.8 Å². The highest BCUT2D eigenvalue weighted by atomic mass is 32.1. The first kappa shape index (κ1) is 24.1. The van der Waals surface area contributed by atoms with Crippen molar-refractivity contribution in [3.05, 3.63) is 57.9 Å². The molecule has 1 aliphatic heterocycles. The van der Waals surface area contributed by atoms with Crippen molar-refractivity contribution in [3.63, 3.8) is 0 Å². The molecule has 2 aromatic heterocycles. The number of nitrogens with zero attached hydrogens (tertiary/aromatic N) is 1. The molecule has 1 amide bonds. The van der Waals surface area contributed by atoms with Gasteiger partial charge in [0.25, 0.3) is 5.91 Å². The van der Waals surface area contributed by atoms with Crippen LogP contribution in [0.1, 0.15) is 38.2 Å². The third-order valence-corrected chi connectivity index (χ3v) is 7.23. The summed E-state index contributed by atoms with van der Waals surface area (Å²) in [6.07, 6.45) is 1.49. The van der Waals surface area contributed by atoms with Gasteiger partial charge in [0, 0.05) is 23.5 Å². The van der Waals surface area contributed by atoms with Gasteiger partial charge in [0.1, 0.15) is 5.00 Å². The molecule has 34 heavy (non-hydrogen) atoms. The number of ether oxygens (including phenoxy) is 4. The number of furan rings is 1. The van der Waals surface area contributed by atoms with E-state index in [1.54, 1.807) is 44.8 Å². The van der Waals surface area contributed by atoms with Crippen molar-refractivity contribution in [1.29, 1.82) is 0 Å². The fourth-order valence-electron chi connectivity index (χ4n) is 4.29. The monoisotopic (exact) mass is 486 g/mol. The zero-order valence-electron chi connectivity index (χ0n) is 20.1. The topological polar surface area (TPSA) is 82.4 Å². The van der Waals surface area contributed by atoms with Crippen LogP contribution in [0.15, 0.2) is 34.9 Å². The van der Waals surface area contributed by atoms with Gasteiger partial charge in [-0.1, -0.05) is 0 Å². The number of thiophene rings is 1. The number of morpholine rings is 1. The van der Waals surface area contributed by atoms with E-state index in [4.69, 9.17) is 23.4 Å². The summed E-state index contributed by atoms with van der Waals surface area (Å²) < 4.78 is 27.8. The van der Waals surface area contributed by atoms with Crippen LogP contribution in [0.2, 0.25) is 0 Å². The predicted octanol–water partition coefficient (Wildman–Crippen LogP) is 4.66. The lowest BCUT2D eigenvalue weighted by atomic mass is 9.93. The Morgan fingerprint density at radius 1 is 1.09 bits per heavy atom. The van der Waals surface area contributed by atoms with Crippen molar-refractivity contribution >= 4 is 22.2 Å². The number of nitrogens with one attached hydrogen (secondary N) is 1. The van der Waals surface area contributed by atoms with Gasteiger partial charge in [-0.2, -0.15) is 0 Å². The van der Waals surface area contributed by atoms with E-state index in [-0.39, 0.29) is 17.7 Å². The minimum atomic E-state index is -0.280. The average Bonchev–Trinajstić information content (AvgIpc) is 3.49. The summed E-state index contributed by atoms with van der Waals surface area (Å²) in [5, 5.41) is 3.88. The van der Waals surface area contributed by atoms with Crippen molar-refractivity contribution in [2.45, 2.75) is 19.9 Å². The smallest absolute Gasteiger partial charge is 0.291 e. The molecular weight excluding hydrogens is 456 g/mol. The van der Waals surface area contributed by atoms with Gasteiger partial charge in [0.15, 0.2) is 17.3 Å². The summed E-state index contributed by atoms with van der Waals surface area (Å²) in [4.78, 5) is 16.4. The minimum absolute atomic E-state index is 0.158. The van der Waals surface area contributed by atoms with E-state index in [1.165, 1.54) is 6.26 Å². The van der Waals surface area contributed by atoms with E-state index in [1.807, 2.05) is 12.1 Å². The Balaban J connectivity index is 1.86. The third-order valence-electron chi connectivity index (χ3n) is 6.09. The second-order valence-electron chi connectivity index (χ2n) is 7.97. The molecule has 0 radical (unpaired) electrons. The van der Waals surface area contributed by atoms with E-state index in [0.717, 1.165) is 39.7 Å². The number of carbonyl (C=O) groups excluding carboxylic acids is 1. The zero-order valence-corrected chi connectivity index (χ0v) is 20.9. The molecular formula is C25H30N2O6S. The first-order valence-corrected chi connectivity index (χ1v) is 11.9. The van der Waals surface area contributed by atoms with Crippen molar-refractivity contribution in [2.75, 3.05) is 52.9 Å². The molecule has 4 rings (SSSR count). The van der Waals surface area contributed by atoms with Gasteiger partial charge in [-0.05, 0) is 49.2 Å². The number of hydrogen-bond acceptors (Lipinski definition) is 8. The quantitative estimate of drug-likeness (QED) is 0.496. The van der Waals surface area contributed by atoms with Crippen LogP contribution < -0.4 is 19.5 Å². The molecule has 0 spiro atoms. The zero-order chi connectivity index (χ0) is 24.2. The number of aryl methyl sites for hydroxylation is 1. The second-order valence-corrected chi connectivity index (χ2v) is 9.19. The normalized spacial score (nSPS) is 15.1. The SMILES string of the molecule is COc1cc([C@H](c2c(NC(=O)c3ccco3)sc(C)c2C)N2CCOCC2)cc(OC)c1OC. The van der Waals surface area contributed by atoms with Gasteiger partial charge in [0.05, 0.1) is 46.8 Å². The largest absolute Gasteiger partial charge is 0.493 e. The molecule has 0 unspecified atom stereocenters. The molecule has 1 fully saturated rings. The number of amides is 1. The summed E-state index contributed by atoms with van der Waals surface area (Å²) in [6.45, 7) is 6.93. The first-order valence-electron chi connectivity index (χ1n) is 11.0. The number of benzene rings is 1. The number of anilines is 1. The van der Waals surface area contributed by atoms with Crippen molar-refractivity contribution < 1.29 is 28.2 Å². The van der Waals surface area contributed by atoms with Crippen LogP contribution in [-0.4, -0.2) is 58.4 Å². The van der Waals surface area contributed by atoms with E-state index in [2.05, 4.69) is 24.1 Å². The molecule has 3 heterocycles. The Morgan fingerprint density at radius 3 is 2.32 bits per heavy atom. The van der Waals surface area contributed by atoms with Gasteiger partial charge in [-0.25, -0.2) is 0 Å². The van der Waals surface area contributed by atoms with E-state index in [9.17, 15) is 4.79 Å². The molecule has 0 saturated carbocycles. The van der Waals surface area contributed by atoms with Crippen molar-refractivity contribution in [2.24, 2.45) is 0 Å².